The molecule has 0 aromatic rings. The molecule has 1 atom stereocenters. The lowest BCUT2D eigenvalue weighted by Crippen LogP contribution is -2.25. The average molecular weight is 203 g/mol. The van der Waals surface area contributed by atoms with Crippen molar-refractivity contribution < 1.29 is 14.6 Å². The second-order valence-electron chi connectivity index (χ2n) is 3.38. The number of carbonyl (C=O) groups excluding carboxylic acids is 1. The van der Waals surface area contributed by atoms with Crippen LogP contribution in [0.5, 0.6) is 0 Å². The molecule has 0 rings (SSSR count). The zero-order valence-corrected chi connectivity index (χ0v) is 9.08. The first kappa shape index (κ1) is 13.4. The predicted molar refractivity (Wildman–Crippen MR) is 55.0 cm³/mol. The molecule has 0 amide bonds. The largest absolute Gasteiger partial charge is 0.466 e. The number of rotatable bonds is 8. The second-order valence-corrected chi connectivity index (χ2v) is 3.38. The van der Waals surface area contributed by atoms with Crippen molar-refractivity contribution in [1.29, 1.82) is 0 Å². The lowest BCUT2D eigenvalue weighted by Gasteiger charge is -2.10. The molecule has 1 unspecified atom stereocenters. The molecule has 0 saturated carbocycles. The van der Waals surface area contributed by atoms with Crippen LogP contribution in [0.2, 0.25) is 0 Å². The minimum Gasteiger partial charge on any atom is -0.466 e. The van der Waals surface area contributed by atoms with Crippen molar-refractivity contribution in [1.82, 2.24) is 5.32 Å². The fourth-order valence-corrected chi connectivity index (χ4v) is 1.09. The van der Waals surface area contributed by atoms with E-state index in [1.807, 2.05) is 0 Å². The molecule has 0 aromatic heterocycles. The topological polar surface area (TPSA) is 58.6 Å². The standard InChI is InChI=1S/C10H21NO3/c1-3-14-10(13)4-6-11-8-9(2)5-7-12/h9,11-12H,3-8H2,1-2H3. The lowest BCUT2D eigenvalue weighted by atomic mass is 10.1. The smallest absolute Gasteiger partial charge is 0.307 e. The molecule has 0 aliphatic carbocycles. The Morgan fingerprint density at radius 1 is 1.57 bits per heavy atom. The zero-order chi connectivity index (χ0) is 10.8. The van der Waals surface area contributed by atoms with Gasteiger partial charge in [-0.15, -0.1) is 0 Å². The molecule has 2 N–H and O–H groups in total. The summed E-state index contributed by atoms with van der Waals surface area (Å²) in [6.45, 7) is 6.01. The van der Waals surface area contributed by atoms with E-state index in [9.17, 15) is 4.79 Å². The van der Waals surface area contributed by atoms with E-state index in [2.05, 4.69) is 12.2 Å². The van der Waals surface area contributed by atoms with E-state index in [1.54, 1.807) is 6.92 Å². The normalized spacial score (nSPS) is 12.5. The minimum atomic E-state index is -0.158. The molecule has 14 heavy (non-hydrogen) atoms. The van der Waals surface area contributed by atoms with E-state index >= 15 is 0 Å². The summed E-state index contributed by atoms with van der Waals surface area (Å²) in [6, 6.07) is 0. The molecule has 0 radical (unpaired) electrons. The zero-order valence-electron chi connectivity index (χ0n) is 9.08. The minimum absolute atomic E-state index is 0.158. The summed E-state index contributed by atoms with van der Waals surface area (Å²) >= 11 is 0. The van der Waals surface area contributed by atoms with Crippen molar-refractivity contribution in [3.63, 3.8) is 0 Å². The molecule has 4 nitrogen and oxygen atoms in total. The van der Waals surface area contributed by atoms with Crippen molar-refractivity contribution in [3.8, 4) is 0 Å². The third-order valence-corrected chi connectivity index (χ3v) is 1.93. The molecule has 0 bridgehead atoms. The molecule has 0 saturated heterocycles. The van der Waals surface area contributed by atoms with Crippen molar-refractivity contribution in [2.24, 2.45) is 5.92 Å². The maximum atomic E-state index is 10.9. The van der Waals surface area contributed by atoms with Gasteiger partial charge >= 0.3 is 5.97 Å². The van der Waals surface area contributed by atoms with Crippen LogP contribution in [0.3, 0.4) is 0 Å². The second kappa shape index (κ2) is 8.97. The van der Waals surface area contributed by atoms with Crippen LogP contribution in [-0.4, -0.2) is 37.4 Å². The van der Waals surface area contributed by atoms with Gasteiger partial charge in [-0.05, 0) is 25.8 Å². The number of hydrogen-bond acceptors (Lipinski definition) is 4. The first-order valence-corrected chi connectivity index (χ1v) is 5.17. The molecule has 0 aromatic carbocycles. The Hall–Kier alpha value is -0.610. The van der Waals surface area contributed by atoms with Gasteiger partial charge in [0.05, 0.1) is 13.0 Å². The van der Waals surface area contributed by atoms with Crippen LogP contribution >= 0.6 is 0 Å². The predicted octanol–water partition coefficient (Wildman–Crippen LogP) is 0.548. The third kappa shape index (κ3) is 8.01. The highest BCUT2D eigenvalue weighted by Gasteiger charge is 2.02. The van der Waals surface area contributed by atoms with Gasteiger partial charge < -0.3 is 15.2 Å². The van der Waals surface area contributed by atoms with E-state index in [-0.39, 0.29) is 12.6 Å². The number of carbonyl (C=O) groups is 1. The summed E-state index contributed by atoms with van der Waals surface area (Å²) in [5, 5.41) is 11.8. The van der Waals surface area contributed by atoms with Crippen LogP contribution in [0, 0.1) is 5.92 Å². The lowest BCUT2D eigenvalue weighted by molar-refractivity contribution is -0.142. The SMILES string of the molecule is CCOC(=O)CCNCC(C)CCO. The summed E-state index contributed by atoms with van der Waals surface area (Å²) in [5.41, 5.74) is 0. The molecular weight excluding hydrogens is 182 g/mol. The quantitative estimate of drug-likeness (QED) is 0.447. The van der Waals surface area contributed by atoms with Crippen molar-refractivity contribution in [2.45, 2.75) is 26.7 Å². The summed E-state index contributed by atoms with van der Waals surface area (Å²) in [4.78, 5) is 10.9. The van der Waals surface area contributed by atoms with Crippen LogP contribution in [0.4, 0.5) is 0 Å². The van der Waals surface area contributed by atoms with Crippen LogP contribution in [0.25, 0.3) is 0 Å². The number of ether oxygens (including phenoxy) is 1. The highest BCUT2D eigenvalue weighted by Crippen LogP contribution is 1.97. The van der Waals surface area contributed by atoms with Crippen LogP contribution in [0.15, 0.2) is 0 Å². The molecule has 0 fully saturated rings. The van der Waals surface area contributed by atoms with Crippen molar-refractivity contribution in [3.05, 3.63) is 0 Å². The number of esters is 1. The Labute approximate surface area is 85.6 Å². The van der Waals surface area contributed by atoms with Gasteiger partial charge in [0.15, 0.2) is 0 Å². The highest BCUT2D eigenvalue weighted by atomic mass is 16.5. The summed E-state index contributed by atoms with van der Waals surface area (Å²) in [6.07, 6.45) is 1.21. The molecule has 0 heterocycles. The first-order valence-electron chi connectivity index (χ1n) is 5.17. The average Bonchev–Trinajstić information content (AvgIpc) is 2.13. The van der Waals surface area contributed by atoms with Gasteiger partial charge in [-0.1, -0.05) is 6.92 Å². The van der Waals surface area contributed by atoms with Gasteiger partial charge in [-0.25, -0.2) is 0 Å². The van der Waals surface area contributed by atoms with Gasteiger partial charge in [0.25, 0.3) is 0 Å². The fourth-order valence-electron chi connectivity index (χ4n) is 1.09. The maximum absolute atomic E-state index is 10.9. The Morgan fingerprint density at radius 3 is 2.86 bits per heavy atom. The number of aliphatic hydroxyl groups is 1. The maximum Gasteiger partial charge on any atom is 0.307 e. The Kier molecular flexibility index (Phi) is 8.57. The van der Waals surface area contributed by atoms with Crippen molar-refractivity contribution >= 4 is 5.97 Å². The van der Waals surface area contributed by atoms with E-state index in [0.29, 0.717) is 25.5 Å². The molecule has 0 aliphatic heterocycles. The molecule has 4 heteroatoms. The Morgan fingerprint density at radius 2 is 2.29 bits per heavy atom. The van der Waals surface area contributed by atoms with Crippen LogP contribution in [0.1, 0.15) is 26.7 Å². The monoisotopic (exact) mass is 203 g/mol. The Bertz CT molecular complexity index is 150. The number of nitrogens with one attached hydrogen (secondary N) is 1. The van der Waals surface area contributed by atoms with Crippen LogP contribution < -0.4 is 5.32 Å². The molecule has 84 valence electrons. The number of hydrogen-bond donors (Lipinski definition) is 2. The van der Waals surface area contributed by atoms with Crippen molar-refractivity contribution in [2.75, 3.05) is 26.3 Å². The first-order chi connectivity index (χ1) is 6.70. The third-order valence-electron chi connectivity index (χ3n) is 1.93. The van der Waals surface area contributed by atoms with Crippen LogP contribution in [-0.2, 0) is 9.53 Å². The molecular formula is C10H21NO3. The van der Waals surface area contributed by atoms with Gasteiger partial charge in [0, 0.05) is 13.2 Å². The number of aliphatic hydroxyl groups excluding tert-OH is 1. The van der Waals surface area contributed by atoms with E-state index < -0.39 is 0 Å². The van der Waals surface area contributed by atoms with E-state index in [0.717, 1.165) is 13.0 Å². The van der Waals surface area contributed by atoms with Gasteiger partial charge in [-0.2, -0.15) is 0 Å². The Balaban J connectivity index is 3.24. The molecule has 0 spiro atoms. The van der Waals surface area contributed by atoms with Gasteiger partial charge in [0.1, 0.15) is 0 Å². The highest BCUT2D eigenvalue weighted by molar-refractivity contribution is 5.69. The van der Waals surface area contributed by atoms with E-state index in [4.69, 9.17) is 9.84 Å². The molecule has 0 aliphatic rings. The summed E-state index contributed by atoms with van der Waals surface area (Å²) < 4.78 is 4.78. The van der Waals surface area contributed by atoms with E-state index in [1.165, 1.54) is 0 Å². The van der Waals surface area contributed by atoms with Gasteiger partial charge in [-0.3, -0.25) is 4.79 Å². The fraction of sp³-hybridized carbons (Fsp3) is 0.900. The summed E-state index contributed by atoms with van der Waals surface area (Å²) in [7, 11) is 0. The summed E-state index contributed by atoms with van der Waals surface area (Å²) in [5.74, 6) is 0.289. The van der Waals surface area contributed by atoms with Gasteiger partial charge in [0.2, 0.25) is 0 Å².